The number of aliphatic hydroxyl groups excluding tert-OH is 1. The van der Waals surface area contributed by atoms with E-state index >= 15 is 0 Å². The fourth-order valence-electron chi connectivity index (χ4n) is 5.43. The summed E-state index contributed by atoms with van der Waals surface area (Å²) in [6, 6.07) is 1.84. The first kappa shape index (κ1) is 18.2. The molecule has 1 fully saturated rings. The Kier molecular flexibility index (Phi) is 4.39. The topological polar surface area (TPSA) is 66.8 Å². The molecule has 3 atom stereocenters. The maximum absolute atomic E-state index is 12.6. The number of Topliss-reactive ketones (excluding diaryl/α,β-unsaturated/α-hetero) is 1. The molecule has 0 aromatic heterocycles. The highest BCUT2D eigenvalue weighted by molar-refractivity contribution is 5.86. The monoisotopic (exact) mass is 346 g/mol. The van der Waals surface area contributed by atoms with E-state index in [0.29, 0.717) is 18.6 Å². The zero-order valence-corrected chi connectivity index (χ0v) is 16.0. The molecule has 0 radical (unpaired) electrons. The third-order valence-corrected chi connectivity index (χ3v) is 6.84. The van der Waals surface area contributed by atoms with Gasteiger partial charge in [0.05, 0.1) is 19.1 Å². The van der Waals surface area contributed by atoms with E-state index in [1.807, 2.05) is 13.0 Å². The number of hydrogen-bond acceptors (Lipinski definition) is 4. The van der Waals surface area contributed by atoms with Gasteiger partial charge in [0.25, 0.3) is 0 Å². The molecular formula is C21H30O4. The molecule has 138 valence electrons. The number of fused-ring (bicyclic) bond motifs is 3. The fourth-order valence-corrected chi connectivity index (χ4v) is 5.43. The molecule has 2 aliphatic rings. The van der Waals surface area contributed by atoms with Crippen LogP contribution in [0.15, 0.2) is 6.07 Å². The Morgan fingerprint density at radius 1 is 1.32 bits per heavy atom. The van der Waals surface area contributed by atoms with E-state index in [2.05, 4.69) is 20.8 Å². The molecule has 4 nitrogen and oxygen atoms in total. The number of carbonyl (C=O) groups is 1. The van der Waals surface area contributed by atoms with Gasteiger partial charge in [0.15, 0.2) is 0 Å². The quantitative estimate of drug-likeness (QED) is 0.876. The minimum absolute atomic E-state index is 0.0271. The predicted octanol–water partition coefficient (Wildman–Crippen LogP) is 3.71. The number of aromatic hydroxyl groups is 1. The largest absolute Gasteiger partial charge is 0.508 e. The summed E-state index contributed by atoms with van der Waals surface area (Å²) in [6.45, 7) is 8.09. The number of benzene rings is 1. The average molecular weight is 346 g/mol. The third-order valence-electron chi connectivity index (χ3n) is 6.84. The number of phenolic OH excluding ortho intramolecular Hbond substituents is 1. The first-order chi connectivity index (χ1) is 11.7. The number of carbonyl (C=O) groups excluding carboxylic acids is 1. The lowest BCUT2D eigenvalue weighted by atomic mass is 9.49. The number of hydrogen-bond donors (Lipinski definition) is 2. The van der Waals surface area contributed by atoms with E-state index < -0.39 is 5.41 Å². The maximum atomic E-state index is 12.6. The van der Waals surface area contributed by atoms with Crippen LogP contribution in [0.2, 0.25) is 0 Å². The number of ketones is 1. The molecule has 0 heterocycles. The Labute approximate surface area is 150 Å². The molecular weight excluding hydrogens is 316 g/mol. The van der Waals surface area contributed by atoms with Crippen molar-refractivity contribution in [3.63, 3.8) is 0 Å². The van der Waals surface area contributed by atoms with Gasteiger partial charge in [-0.1, -0.05) is 27.7 Å². The Bertz CT molecular complexity index is 708. The van der Waals surface area contributed by atoms with Gasteiger partial charge in [0.1, 0.15) is 17.3 Å². The van der Waals surface area contributed by atoms with Gasteiger partial charge < -0.3 is 14.9 Å². The summed E-state index contributed by atoms with van der Waals surface area (Å²) < 4.78 is 5.76. The van der Waals surface area contributed by atoms with Crippen molar-refractivity contribution in [1.29, 1.82) is 0 Å². The van der Waals surface area contributed by atoms with Gasteiger partial charge in [-0.2, -0.15) is 0 Å². The van der Waals surface area contributed by atoms with Crippen LogP contribution in [0.3, 0.4) is 0 Å². The molecule has 0 saturated heterocycles. The van der Waals surface area contributed by atoms with E-state index in [1.165, 1.54) is 0 Å². The van der Waals surface area contributed by atoms with Gasteiger partial charge >= 0.3 is 0 Å². The molecule has 4 heteroatoms. The van der Waals surface area contributed by atoms with Crippen LogP contribution in [-0.2, 0) is 16.6 Å². The molecule has 1 aromatic rings. The lowest BCUT2D eigenvalue weighted by molar-refractivity contribution is -0.142. The van der Waals surface area contributed by atoms with Crippen molar-refractivity contribution >= 4 is 5.78 Å². The number of methoxy groups -OCH3 is 1. The van der Waals surface area contributed by atoms with Crippen molar-refractivity contribution in [3.8, 4) is 11.5 Å². The summed E-state index contributed by atoms with van der Waals surface area (Å²) in [6.07, 6.45) is 2.73. The van der Waals surface area contributed by atoms with Crippen LogP contribution in [0.5, 0.6) is 11.5 Å². The first-order valence-corrected chi connectivity index (χ1v) is 9.28. The minimum Gasteiger partial charge on any atom is -0.508 e. The van der Waals surface area contributed by atoms with Crippen molar-refractivity contribution in [3.05, 3.63) is 22.8 Å². The Balaban J connectivity index is 2.24. The van der Waals surface area contributed by atoms with Crippen LogP contribution >= 0.6 is 0 Å². The highest BCUT2D eigenvalue weighted by Crippen LogP contribution is 2.59. The molecule has 0 amide bonds. The molecule has 0 aliphatic heterocycles. The Morgan fingerprint density at radius 2 is 2.00 bits per heavy atom. The molecule has 3 rings (SSSR count). The Hall–Kier alpha value is -1.55. The van der Waals surface area contributed by atoms with E-state index in [9.17, 15) is 15.0 Å². The van der Waals surface area contributed by atoms with Gasteiger partial charge in [0.2, 0.25) is 0 Å². The number of rotatable bonds is 3. The summed E-state index contributed by atoms with van der Waals surface area (Å²) >= 11 is 0. The van der Waals surface area contributed by atoms with Crippen LogP contribution in [0.1, 0.15) is 69.6 Å². The minimum atomic E-state index is -0.735. The standard InChI is InChI=1S/C21H30O4/c1-12(2)14-10-15(23)18-13(19(14)25-5)6-7-16-20(18,3)9-8-17(24)21(16,4)11-22/h10,12,16,22-23H,6-9,11H2,1-5H3/t16-,20+,21-/m1/s1. The lowest BCUT2D eigenvalue weighted by Gasteiger charge is -2.54. The van der Waals surface area contributed by atoms with E-state index in [-0.39, 0.29) is 29.6 Å². The van der Waals surface area contributed by atoms with E-state index in [0.717, 1.165) is 35.3 Å². The normalized spacial score (nSPS) is 31.6. The fraction of sp³-hybridized carbons (Fsp3) is 0.667. The van der Waals surface area contributed by atoms with Crippen molar-refractivity contribution in [1.82, 2.24) is 0 Å². The summed E-state index contributed by atoms with van der Waals surface area (Å²) in [4.78, 5) is 12.6. The van der Waals surface area contributed by atoms with Crippen LogP contribution in [-0.4, -0.2) is 29.7 Å². The lowest BCUT2D eigenvalue weighted by Crippen LogP contribution is -2.55. The number of aliphatic hydroxyl groups is 1. The molecule has 2 N–H and O–H groups in total. The van der Waals surface area contributed by atoms with Crippen LogP contribution in [0.25, 0.3) is 0 Å². The zero-order valence-electron chi connectivity index (χ0n) is 16.0. The summed E-state index contributed by atoms with van der Waals surface area (Å²) in [7, 11) is 1.69. The van der Waals surface area contributed by atoms with Crippen LogP contribution < -0.4 is 4.74 Å². The molecule has 1 saturated carbocycles. The highest BCUT2D eigenvalue weighted by Gasteiger charge is 2.56. The summed E-state index contributed by atoms with van der Waals surface area (Å²) in [5.41, 5.74) is 1.97. The number of ether oxygens (including phenoxy) is 1. The van der Waals surface area contributed by atoms with Crippen molar-refractivity contribution < 1.29 is 19.7 Å². The first-order valence-electron chi connectivity index (χ1n) is 9.28. The second-order valence-electron chi connectivity index (χ2n) is 8.53. The Morgan fingerprint density at radius 3 is 2.56 bits per heavy atom. The average Bonchev–Trinajstić information content (AvgIpc) is 2.57. The summed E-state index contributed by atoms with van der Waals surface area (Å²) in [5, 5.41) is 20.9. The predicted molar refractivity (Wildman–Crippen MR) is 97.3 cm³/mol. The van der Waals surface area contributed by atoms with Gasteiger partial charge in [-0.05, 0) is 37.2 Å². The summed E-state index contributed by atoms with van der Waals surface area (Å²) in [5.74, 6) is 1.61. The van der Waals surface area contributed by atoms with Gasteiger partial charge in [-0.15, -0.1) is 0 Å². The number of phenols is 1. The van der Waals surface area contributed by atoms with Crippen molar-refractivity contribution in [2.75, 3.05) is 13.7 Å². The highest BCUT2D eigenvalue weighted by atomic mass is 16.5. The van der Waals surface area contributed by atoms with E-state index in [4.69, 9.17) is 4.74 Å². The second-order valence-corrected chi connectivity index (χ2v) is 8.53. The molecule has 0 spiro atoms. The van der Waals surface area contributed by atoms with Gasteiger partial charge in [-0.25, -0.2) is 0 Å². The third kappa shape index (κ3) is 2.41. The molecule has 1 aromatic carbocycles. The van der Waals surface area contributed by atoms with Crippen LogP contribution in [0, 0.1) is 11.3 Å². The molecule has 25 heavy (non-hydrogen) atoms. The smallest absolute Gasteiger partial charge is 0.141 e. The van der Waals surface area contributed by atoms with Crippen molar-refractivity contribution in [2.45, 2.75) is 64.7 Å². The molecule has 0 unspecified atom stereocenters. The molecule has 2 aliphatic carbocycles. The zero-order chi connectivity index (χ0) is 18.6. The van der Waals surface area contributed by atoms with Gasteiger partial charge in [-0.3, -0.25) is 4.79 Å². The van der Waals surface area contributed by atoms with Crippen molar-refractivity contribution in [2.24, 2.45) is 11.3 Å². The van der Waals surface area contributed by atoms with Crippen LogP contribution in [0.4, 0.5) is 0 Å². The molecule has 0 bridgehead atoms. The van der Waals surface area contributed by atoms with E-state index in [1.54, 1.807) is 7.11 Å². The second kappa shape index (κ2) is 6.01. The maximum Gasteiger partial charge on any atom is 0.141 e. The SMILES string of the molecule is COc1c(C(C)C)cc(O)c2c1CC[C@H]1[C@@](C)(CO)C(=O)CC[C@]21C. The van der Waals surface area contributed by atoms with Gasteiger partial charge in [0, 0.05) is 28.5 Å².